The number of thioether (sulfide) groups is 1. The van der Waals surface area contributed by atoms with Gasteiger partial charge in [-0.3, -0.25) is 14.4 Å². The van der Waals surface area contributed by atoms with Gasteiger partial charge in [0.25, 0.3) is 0 Å². The summed E-state index contributed by atoms with van der Waals surface area (Å²) in [6.45, 7) is 2.00. The highest BCUT2D eigenvalue weighted by Gasteiger charge is 2.42. The van der Waals surface area contributed by atoms with Gasteiger partial charge in [0, 0.05) is 16.7 Å². The van der Waals surface area contributed by atoms with Gasteiger partial charge in [-0.25, -0.2) is 0 Å². The van der Waals surface area contributed by atoms with Crippen molar-refractivity contribution in [1.82, 2.24) is 4.98 Å². The molecule has 27 heavy (non-hydrogen) atoms. The molecule has 5 rings (SSSR count). The van der Waals surface area contributed by atoms with Crippen molar-refractivity contribution in [3.8, 4) is 0 Å². The van der Waals surface area contributed by atoms with E-state index in [0.29, 0.717) is 26.6 Å². The summed E-state index contributed by atoms with van der Waals surface area (Å²) in [4.78, 5) is 42.4. The predicted octanol–water partition coefficient (Wildman–Crippen LogP) is 4.32. The van der Waals surface area contributed by atoms with Gasteiger partial charge >= 0.3 is 4.87 Å². The van der Waals surface area contributed by atoms with Crippen molar-refractivity contribution in [1.29, 1.82) is 0 Å². The average molecular weight is 391 g/mol. The highest BCUT2D eigenvalue weighted by Crippen LogP contribution is 2.51. The monoisotopic (exact) mass is 391 g/mol. The molecule has 1 N–H and O–H groups in total. The third-order valence-corrected chi connectivity index (χ3v) is 7.13. The molecule has 2 aromatic carbocycles. The smallest absolute Gasteiger partial charge is 0.305 e. The number of nitrogens with one attached hydrogen (secondary N) is 1. The number of fused-ring (bicyclic) bond motifs is 2. The molecule has 1 aromatic heterocycles. The molecule has 4 nitrogen and oxygen atoms in total. The van der Waals surface area contributed by atoms with Gasteiger partial charge in [-0.05, 0) is 12.5 Å². The number of rotatable bonds is 1. The van der Waals surface area contributed by atoms with Crippen LogP contribution >= 0.6 is 23.1 Å². The summed E-state index contributed by atoms with van der Waals surface area (Å²) in [5.74, 6) is -0.699. The molecule has 0 bridgehead atoms. The van der Waals surface area contributed by atoms with Crippen molar-refractivity contribution >= 4 is 34.7 Å². The van der Waals surface area contributed by atoms with Crippen molar-refractivity contribution in [3.63, 3.8) is 0 Å². The molecule has 2 heterocycles. The van der Waals surface area contributed by atoms with Crippen LogP contribution in [0, 0.1) is 6.92 Å². The molecule has 1 aliphatic carbocycles. The second-order valence-electron chi connectivity index (χ2n) is 6.60. The lowest BCUT2D eigenvalue weighted by Crippen LogP contribution is -2.27. The van der Waals surface area contributed by atoms with Gasteiger partial charge in [0.2, 0.25) is 5.78 Å². The molecule has 1 atom stereocenters. The molecule has 0 saturated carbocycles. The van der Waals surface area contributed by atoms with Crippen LogP contribution in [0.3, 0.4) is 0 Å². The lowest BCUT2D eigenvalue weighted by molar-refractivity contribution is 0.0977. The summed E-state index contributed by atoms with van der Waals surface area (Å²) in [5.41, 5.74) is 3.36. The Morgan fingerprint density at radius 1 is 0.889 bits per heavy atom. The second kappa shape index (κ2) is 5.90. The summed E-state index contributed by atoms with van der Waals surface area (Å²) >= 11 is 2.31. The minimum absolute atomic E-state index is 0.134. The van der Waals surface area contributed by atoms with Gasteiger partial charge in [-0.2, -0.15) is 0 Å². The van der Waals surface area contributed by atoms with Crippen LogP contribution in [0.15, 0.2) is 68.8 Å². The largest absolute Gasteiger partial charge is 0.307 e. The van der Waals surface area contributed by atoms with E-state index >= 15 is 0 Å². The zero-order chi connectivity index (χ0) is 18.7. The zero-order valence-corrected chi connectivity index (χ0v) is 15.9. The summed E-state index contributed by atoms with van der Waals surface area (Å²) in [6.07, 6.45) is 0. The second-order valence-corrected chi connectivity index (χ2v) is 8.64. The molecule has 0 spiro atoms. The number of hydrogen-bond acceptors (Lipinski definition) is 5. The maximum absolute atomic E-state index is 13.4. The van der Waals surface area contributed by atoms with E-state index in [0.717, 1.165) is 27.3 Å². The van der Waals surface area contributed by atoms with Gasteiger partial charge in [0.15, 0.2) is 5.78 Å². The Balaban J connectivity index is 1.79. The topological polar surface area (TPSA) is 67.0 Å². The normalized spacial score (nSPS) is 18.2. The van der Waals surface area contributed by atoms with Crippen LogP contribution < -0.4 is 4.87 Å². The zero-order valence-electron chi connectivity index (χ0n) is 14.2. The van der Waals surface area contributed by atoms with Crippen LogP contribution in [0.2, 0.25) is 0 Å². The number of ketones is 2. The Bertz CT molecular complexity index is 1210. The SMILES string of the molecule is Cc1ccc([C@H]2C3=C(Sc4[nH]c(=O)sc42)C(=O)c2ccccc2C3=O)cc1. The molecule has 3 aromatic rings. The first-order valence-electron chi connectivity index (χ1n) is 8.44. The van der Waals surface area contributed by atoms with Crippen molar-refractivity contribution in [2.45, 2.75) is 17.9 Å². The first-order valence-corrected chi connectivity index (χ1v) is 10.1. The standard InChI is InChI=1S/C21H13NO3S2/c1-10-6-8-11(9-7-10)14-15-16(23)12-4-2-3-5-13(12)17(24)18(15)26-20-19(14)27-21(25)22-20/h2-9,14H,1H3,(H,22,25)/t14-/m0/s1. The van der Waals surface area contributed by atoms with Crippen LogP contribution in [0.4, 0.5) is 0 Å². The Hall–Kier alpha value is -2.70. The summed E-state index contributed by atoms with van der Waals surface area (Å²) in [7, 11) is 0. The molecule has 6 heteroatoms. The van der Waals surface area contributed by atoms with Crippen LogP contribution in [0.5, 0.6) is 0 Å². The van der Waals surface area contributed by atoms with Crippen LogP contribution in [0.1, 0.15) is 42.6 Å². The summed E-state index contributed by atoms with van der Waals surface area (Å²) in [6, 6.07) is 14.8. The van der Waals surface area contributed by atoms with Crippen LogP contribution in [-0.4, -0.2) is 16.6 Å². The van der Waals surface area contributed by atoms with Crippen molar-refractivity contribution in [3.05, 3.63) is 95.8 Å². The van der Waals surface area contributed by atoms with E-state index in [1.165, 1.54) is 11.8 Å². The molecule has 0 saturated heterocycles. The fourth-order valence-electron chi connectivity index (χ4n) is 3.64. The minimum atomic E-state index is -0.411. The molecule has 1 aliphatic heterocycles. The molecular weight excluding hydrogens is 378 g/mol. The number of aromatic nitrogens is 1. The lowest BCUT2D eigenvalue weighted by Gasteiger charge is -2.30. The van der Waals surface area contributed by atoms with Crippen LogP contribution in [0.25, 0.3) is 0 Å². The number of carbonyl (C=O) groups is 2. The number of benzene rings is 2. The van der Waals surface area contributed by atoms with Gasteiger partial charge < -0.3 is 4.98 Å². The van der Waals surface area contributed by atoms with E-state index < -0.39 is 5.92 Å². The summed E-state index contributed by atoms with van der Waals surface area (Å²) in [5, 5.41) is 0.662. The highest BCUT2D eigenvalue weighted by molar-refractivity contribution is 8.04. The van der Waals surface area contributed by atoms with E-state index in [4.69, 9.17) is 0 Å². The van der Waals surface area contributed by atoms with E-state index in [2.05, 4.69) is 4.98 Å². The fourth-order valence-corrected chi connectivity index (χ4v) is 5.91. The molecular formula is C21H13NO3S2. The van der Waals surface area contributed by atoms with Crippen molar-refractivity contribution < 1.29 is 9.59 Å². The highest BCUT2D eigenvalue weighted by atomic mass is 32.2. The maximum atomic E-state index is 13.4. The van der Waals surface area contributed by atoms with Gasteiger partial charge in [-0.15, -0.1) is 0 Å². The Morgan fingerprint density at radius 3 is 2.26 bits per heavy atom. The van der Waals surface area contributed by atoms with Gasteiger partial charge in [0.1, 0.15) is 0 Å². The maximum Gasteiger partial charge on any atom is 0.305 e. The Labute approximate surface area is 163 Å². The minimum Gasteiger partial charge on any atom is -0.307 e. The quantitative estimate of drug-likeness (QED) is 0.671. The van der Waals surface area contributed by atoms with E-state index in [9.17, 15) is 14.4 Å². The van der Waals surface area contributed by atoms with E-state index in [1.807, 2.05) is 31.2 Å². The first-order chi connectivity index (χ1) is 13.0. The third-order valence-electron chi connectivity index (χ3n) is 4.92. The number of Topliss-reactive ketones (excluding diaryl/α,β-unsaturated/α-hetero) is 2. The Kier molecular flexibility index (Phi) is 3.60. The van der Waals surface area contributed by atoms with Gasteiger partial charge in [-0.1, -0.05) is 77.2 Å². The number of H-pyrrole nitrogens is 1. The number of thiazole rings is 1. The molecule has 0 amide bonds. The van der Waals surface area contributed by atoms with Crippen molar-refractivity contribution in [2.24, 2.45) is 0 Å². The molecule has 2 aliphatic rings. The van der Waals surface area contributed by atoms with Crippen LogP contribution in [-0.2, 0) is 0 Å². The molecule has 0 radical (unpaired) electrons. The average Bonchev–Trinajstić information content (AvgIpc) is 3.05. The number of allylic oxidation sites excluding steroid dienone is 2. The van der Waals surface area contributed by atoms with E-state index in [1.54, 1.807) is 24.3 Å². The number of aryl methyl sites for hydroxylation is 1. The number of aromatic amines is 1. The van der Waals surface area contributed by atoms with E-state index in [-0.39, 0.29) is 16.4 Å². The van der Waals surface area contributed by atoms with Crippen molar-refractivity contribution in [2.75, 3.05) is 0 Å². The first kappa shape index (κ1) is 16.5. The molecule has 0 fully saturated rings. The number of carbonyl (C=O) groups excluding carboxylic acids is 2. The lowest BCUT2D eigenvalue weighted by atomic mass is 9.79. The third kappa shape index (κ3) is 2.40. The number of hydrogen-bond donors (Lipinski definition) is 1. The predicted molar refractivity (Wildman–Crippen MR) is 106 cm³/mol. The fraction of sp³-hybridized carbons (Fsp3) is 0.0952. The Morgan fingerprint density at radius 2 is 1.56 bits per heavy atom. The summed E-state index contributed by atoms with van der Waals surface area (Å²) < 4.78 is 0. The molecule has 0 unspecified atom stereocenters. The molecule has 132 valence electrons. The van der Waals surface area contributed by atoms with Gasteiger partial charge in [0.05, 0.1) is 20.7 Å².